The maximum atomic E-state index is 12.5. The van der Waals surface area contributed by atoms with Gasteiger partial charge in [0.25, 0.3) is 0 Å². The van der Waals surface area contributed by atoms with Crippen LogP contribution in [0.2, 0.25) is 0 Å². The zero-order valence-corrected chi connectivity index (χ0v) is 15.4. The van der Waals surface area contributed by atoms with Crippen molar-refractivity contribution in [1.29, 1.82) is 0 Å². The van der Waals surface area contributed by atoms with E-state index in [1.165, 1.54) is 10.3 Å². The molecule has 0 atom stereocenters. The Morgan fingerprint density at radius 2 is 1.79 bits per heavy atom. The molecule has 2 heterocycles. The average Bonchev–Trinajstić information content (AvgIpc) is 3.08. The SMILES string of the molecule is Cc1ccc(/C=C/S(=O)(=O)N2CCN(Cc3cccs3)CC2)cc1. The van der Waals surface area contributed by atoms with Crippen LogP contribution in [-0.4, -0.2) is 43.8 Å². The largest absolute Gasteiger partial charge is 0.296 e. The molecule has 0 spiro atoms. The van der Waals surface area contributed by atoms with E-state index in [0.717, 1.165) is 30.8 Å². The molecule has 0 amide bonds. The zero-order valence-electron chi connectivity index (χ0n) is 13.8. The van der Waals surface area contributed by atoms with E-state index >= 15 is 0 Å². The smallest absolute Gasteiger partial charge is 0.236 e. The van der Waals surface area contributed by atoms with Crippen LogP contribution in [0.1, 0.15) is 16.0 Å². The van der Waals surface area contributed by atoms with Crippen molar-refractivity contribution in [2.45, 2.75) is 13.5 Å². The number of piperazine rings is 1. The lowest BCUT2D eigenvalue weighted by Crippen LogP contribution is -2.47. The van der Waals surface area contributed by atoms with Crippen molar-refractivity contribution in [2.75, 3.05) is 26.2 Å². The summed E-state index contributed by atoms with van der Waals surface area (Å²) in [5.74, 6) is 0. The van der Waals surface area contributed by atoms with Crippen molar-refractivity contribution in [3.05, 3.63) is 63.2 Å². The van der Waals surface area contributed by atoms with E-state index in [1.807, 2.05) is 31.2 Å². The van der Waals surface area contributed by atoms with Crippen LogP contribution in [0.15, 0.2) is 47.2 Å². The van der Waals surface area contributed by atoms with E-state index in [2.05, 4.69) is 22.4 Å². The molecule has 128 valence electrons. The van der Waals surface area contributed by atoms with Gasteiger partial charge in [0.15, 0.2) is 0 Å². The van der Waals surface area contributed by atoms with Crippen LogP contribution < -0.4 is 0 Å². The number of benzene rings is 1. The molecule has 0 bridgehead atoms. The van der Waals surface area contributed by atoms with Gasteiger partial charge in [-0.25, -0.2) is 8.42 Å². The van der Waals surface area contributed by atoms with Crippen molar-refractivity contribution in [1.82, 2.24) is 9.21 Å². The normalized spacial score (nSPS) is 17.5. The first-order valence-electron chi connectivity index (χ1n) is 8.02. The van der Waals surface area contributed by atoms with Crippen LogP contribution in [0, 0.1) is 6.92 Å². The van der Waals surface area contributed by atoms with Gasteiger partial charge in [0, 0.05) is 43.0 Å². The molecule has 1 aliphatic rings. The van der Waals surface area contributed by atoms with Crippen LogP contribution in [0.3, 0.4) is 0 Å². The highest BCUT2D eigenvalue weighted by Gasteiger charge is 2.25. The molecule has 0 aliphatic carbocycles. The molecule has 0 unspecified atom stereocenters. The molecule has 4 nitrogen and oxygen atoms in total. The van der Waals surface area contributed by atoms with Crippen molar-refractivity contribution in [2.24, 2.45) is 0 Å². The quantitative estimate of drug-likeness (QED) is 0.820. The summed E-state index contributed by atoms with van der Waals surface area (Å²) in [6, 6.07) is 12.0. The third-order valence-electron chi connectivity index (χ3n) is 4.16. The monoisotopic (exact) mass is 362 g/mol. The zero-order chi connectivity index (χ0) is 17.0. The Morgan fingerprint density at radius 3 is 2.42 bits per heavy atom. The second-order valence-corrected chi connectivity index (χ2v) is 8.86. The fourth-order valence-corrected chi connectivity index (χ4v) is 4.61. The third-order valence-corrected chi connectivity index (χ3v) is 6.59. The van der Waals surface area contributed by atoms with E-state index < -0.39 is 10.0 Å². The Labute approximate surface area is 148 Å². The number of rotatable bonds is 5. The van der Waals surface area contributed by atoms with Gasteiger partial charge >= 0.3 is 0 Å². The number of thiophene rings is 1. The molecule has 1 saturated heterocycles. The van der Waals surface area contributed by atoms with E-state index in [4.69, 9.17) is 0 Å². The molecule has 6 heteroatoms. The highest BCUT2D eigenvalue weighted by molar-refractivity contribution is 7.92. The summed E-state index contributed by atoms with van der Waals surface area (Å²) in [5.41, 5.74) is 2.07. The van der Waals surface area contributed by atoms with Gasteiger partial charge in [0.05, 0.1) is 0 Å². The first kappa shape index (κ1) is 17.4. The van der Waals surface area contributed by atoms with Crippen LogP contribution in [-0.2, 0) is 16.6 Å². The van der Waals surface area contributed by atoms with Crippen molar-refractivity contribution >= 4 is 27.4 Å². The second-order valence-electron chi connectivity index (χ2n) is 6.01. The van der Waals surface area contributed by atoms with Crippen LogP contribution in [0.4, 0.5) is 0 Å². The fraction of sp³-hybridized carbons (Fsp3) is 0.333. The fourth-order valence-electron chi connectivity index (χ4n) is 2.69. The molecular weight excluding hydrogens is 340 g/mol. The Hall–Kier alpha value is -1.47. The predicted molar refractivity (Wildman–Crippen MR) is 100 cm³/mol. The standard InChI is InChI=1S/C18H22N2O2S2/c1-16-4-6-17(7-5-16)8-14-24(21,22)20-11-9-19(10-12-20)15-18-3-2-13-23-18/h2-8,13-14H,9-12,15H2,1H3/b14-8+. The highest BCUT2D eigenvalue weighted by atomic mass is 32.2. The molecule has 0 radical (unpaired) electrons. The molecule has 24 heavy (non-hydrogen) atoms. The van der Waals surface area contributed by atoms with Gasteiger partial charge in [-0.3, -0.25) is 4.90 Å². The van der Waals surface area contributed by atoms with Crippen LogP contribution >= 0.6 is 11.3 Å². The van der Waals surface area contributed by atoms with Gasteiger partial charge in [-0.2, -0.15) is 4.31 Å². The molecule has 1 aromatic carbocycles. The van der Waals surface area contributed by atoms with Gasteiger partial charge in [0.2, 0.25) is 10.0 Å². The molecular formula is C18H22N2O2S2. The molecule has 1 fully saturated rings. The Balaban J connectivity index is 1.57. The van der Waals surface area contributed by atoms with Crippen molar-refractivity contribution < 1.29 is 8.42 Å². The number of hydrogen-bond acceptors (Lipinski definition) is 4. The van der Waals surface area contributed by atoms with Crippen LogP contribution in [0.25, 0.3) is 6.08 Å². The third kappa shape index (κ3) is 4.54. The van der Waals surface area contributed by atoms with Gasteiger partial charge < -0.3 is 0 Å². The molecule has 3 rings (SSSR count). The lowest BCUT2D eigenvalue weighted by atomic mass is 10.2. The number of aryl methyl sites for hydroxylation is 1. The van der Waals surface area contributed by atoms with Gasteiger partial charge in [-0.05, 0) is 30.0 Å². The maximum Gasteiger partial charge on any atom is 0.236 e. The molecule has 0 saturated carbocycles. The van der Waals surface area contributed by atoms with E-state index in [9.17, 15) is 8.42 Å². The van der Waals surface area contributed by atoms with E-state index in [-0.39, 0.29) is 0 Å². The summed E-state index contributed by atoms with van der Waals surface area (Å²) in [6.07, 6.45) is 1.67. The van der Waals surface area contributed by atoms with E-state index in [0.29, 0.717) is 13.1 Å². The first-order valence-corrected chi connectivity index (χ1v) is 10.4. The predicted octanol–water partition coefficient (Wildman–Crippen LogP) is 3.17. The summed E-state index contributed by atoms with van der Waals surface area (Å²) in [5, 5.41) is 3.40. The van der Waals surface area contributed by atoms with Crippen molar-refractivity contribution in [3.8, 4) is 0 Å². The second kappa shape index (κ2) is 7.61. The Bertz CT molecular complexity index is 773. The van der Waals surface area contributed by atoms with Gasteiger partial charge in [-0.15, -0.1) is 11.3 Å². The average molecular weight is 363 g/mol. The minimum Gasteiger partial charge on any atom is -0.296 e. The number of nitrogens with zero attached hydrogens (tertiary/aromatic N) is 2. The Kier molecular flexibility index (Phi) is 5.50. The minimum absolute atomic E-state index is 0.548. The van der Waals surface area contributed by atoms with Crippen LogP contribution in [0.5, 0.6) is 0 Å². The Morgan fingerprint density at radius 1 is 1.08 bits per heavy atom. The lowest BCUT2D eigenvalue weighted by Gasteiger charge is -2.33. The number of hydrogen-bond donors (Lipinski definition) is 0. The van der Waals surface area contributed by atoms with Crippen molar-refractivity contribution in [3.63, 3.8) is 0 Å². The topological polar surface area (TPSA) is 40.6 Å². The molecule has 1 aromatic heterocycles. The minimum atomic E-state index is -3.35. The molecule has 1 aliphatic heterocycles. The summed E-state index contributed by atoms with van der Waals surface area (Å²) in [4.78, 5) is 3.63. The first-order chi connectivity index (χ1) is 11.5. The maximum absolute atomic E-state index is 12.5. The lowest BCUT2D eigenvalue weighted by molar-refractivity contribution is 0.184. The van der Waals surface area contributed by atoms with Gasteiger partial charge in [-0.1, -0.05) is 35.9 Å². The molecule has 2 aromatic rings. The summed E-state index contributed by atoms with van der Waals surface area (Å²) in [7, 11) is -3.35. The van der Waals surface area contributed by atoms with E-state index in [1.54, 1.807) is 21.7 Å². The van der Waals surface area contributed by atoms with Gasteiger partial charge in [0.1, 0.15) is 0 Å². The summed E-state index contributed by atoms with van der Waals surface area (Å²) in [6.45, 7) is 5.56. The number of sulfonamides is 1. The summed E-state index contributed by atoms with van der Waals surface area (Å²) >= 11 is 1.74. The highest BCUT2D eigenvalue weighted by Crippen LogP contribution is 2.16. The molecule has 0 N–H and O–H groups in total. The summed E-state index contributed by atoms with van der Waals surface area (Å²) < 4.78 is 26.5.